The molecule has 7 heteroatoms. The first kappa shape index (κ1) is 19.5. The van der Waals surface area contributed by atoms with Crippen LogP contribution in [0.15, 0.2) is 42.5 Å². The Morgan fingerprint density at radius 2 is 1.85 bits per heavy atom. The molecule has 0 saturated carbocycles. The zero-order valence-corrected chi connectivity index (χ0v) is 14.5. The van der Waals surface area contributed by atoms with E-state index in [0.29, 0.717) is 11.3 Å². The number of carbonyl (C=O) groups is 2. The Balaban J connectivity index is 1.97. The van der Waals surface area contributed by atoms with Crippen LogP contribution in [0.5, 0.6) is 0 Å². The van der Waals surface area contributed by atoms with Gasteiger partial charge in [0.15, 0.2) is 11.6 Å². The number of benzene rings is 2. The second-order valence-electron chi connectivity index (χ2n) is 5.59. The molecule has 0 aliphatic heterocycles. The van der Waals surface area contributed by atoms with Crippen LogP contribution in [0.1, 0.15) is 35.8 Å². The average molecular weight is 362 g/mol. The molecule has 2 aromatic carbocycles. The zero-order valence-electron chi connectivity index (χ0n) is 14.5. The summed E-state index contributed by atoms with van der Waals surface area (Å²) in [6.45, 7) is 3.58. The molecule has 1 amide bonds. The van der Waals surface area contributed by atoms with Gasteiger partial charge in [0.05, 0.1) is 24.4 Å². The summed E-state index contributed by atoms with van der Waals surface area (Å²) in [5.41, 5.74) is 1.12. The fourth-order valence-electron chi connectivity index (χ4n) is 2.32. The minimum atomic E-state index is -0.941. The van der Waals surface area contributed by atoms with Crippen LogP contribution in [0.3, 0.4) is 0 Å². The molecule has 0 spiro atoms. The van der Waals surface area contributed by atoms with E-state index in [1.54, 1.807) is 38.1 Å². The maximum absolute atomic E-state index is 13.3. The van der Waals surface area contributed by atoms with Gasteiger partial charge in [-0.15, -0.1) is 0 Å². The molecule has 138 valence electrons. The third-order valence-electron chi connectivity index (χ3n) is 3.71. The lowest BCUT2D eigenvalue weighted by atomic mass is 10.1. The highest BCUT2D eigenvalue weighted by atomic mass is 19.2. The van der Waals surface area contributed by atoms with Crippen molar-refractivity contribution >= 4 is 17.6 Å². The summed E-state index contributed by atoms with van der Waals surface area (Å²) in [6.07, 6.45) is 0. The molecule has 0 bridgehead atoms. The number of carbonyl (C=O) groups excluding carboxylic acids is 2. The largest absolute Gasteiger partial charge is 0.462 e. The number of rotatable bonds is 7. The van der Waals surface area contributed by atoms with E-state index in [1.165, 1.54) is 6.07 Å². The standard InChI is InChI=1S/C19H20F2N2O3/c1-3-26-19(25)14-6-4-5-7-17(14)23-18(24)11-22-12(2)13-8-9-15(20)16(21)10-13/h4-10,12,22H,3,11H2,1-2H3,(H,23,24)/t12-/m1/s1. The van der Waals surface area contributed by atoms with E-state index < -0.39 is 17.6 Å². The first-order chi connectivity index (χ1) is 12.4. The van der Waals surface area contributed by atoms with E-state index >= 15 is 0 Å². The number of nitrogens with one attached hydrogen (secondary N) is 2. The van der Waals surface area contributed by atoms with Gasteiger partial charge in [-0.05, 0) is 43.7 Å². The molecular formula is C19H20F2N2O3. The van der Waals surface area contributed by atoms with Crippen LogP contribution >= 0.6 is 0 Å². The van der Waals surface area contributed by atoms with Gasteiger partial charge in [0, 0.05) is 6.04 Å². The molecule has 0 fully saturated rings. The van der Waals surface area contributed by atoms with Gasteiger partial charge in [-0.2, -0.15) is 0 Å². The fourth-order valence-corrected chi connectivity index (χ4v) is 2.32. The van der Waals surface area contributed by atoms with E-state index in [1.807, 2.05) is 0 Å². The van der Waals surface area contributed by atoms with E-state index in [2.05, 4.69) is 10.6 Å². The lowest BCUT2D eigenvalue weighted by Crippen LogP contribution is -2.30. The number of ether oxygens (including phenoxy) is 1. The van der Waals surface area contributed by atoms with Crippen molar-refractivity contribution in [2.45, 2.75) is 19.9 Å². The Hall–Kier alpha value is -2.80. The molecule has 0 aliphatic rings. The van der Waals surface area contributed by atoms with Crippen LogP contribution in [-0.4, -0.2) is 25.0 Å². The molecule has 0 unspecified atom stereocenters. The molecule has 0 radical (unpaired) electrons. The number of hydrogen-bond donors (Lipinski definition) is 2. The van der Waals surface area contributed by atoms with Gasteiger partial charge >= 0.3 is 5.97 Å². The molecule has 2 N–H and O–H groups in total. The Labute approximate surface area is 150 Å². The second kappa shape index (κ2) is 9.05. The quantitative estimate of drug-likeness (QED) is 0.741. The van der Waals surface area contributed by atoms with Gasteiger partial charge < -0.3 is 15.4 Å². The summed E-state index contributed by atoms with van der Waals surface area (Å²) in [5.74, 6) is -2.76. The van der Waals surface area contributed by atoms with E-state index in [9.17, 15) is 18.4 Å². The van der Waals surface area contributed by atoms with Crippen molar-refractivity contribution in [3.05, 3.63) is 65.2 Å². The maximum Gasteiger partial charge on any atom is 0.340 e. The van der Waals surface area contributed by atoms with Gasteiger partial charge in [-0.25, -0.2) is 13.6 Å². The molecule has 0 heterocycles. The third kappa shape index (κ3) is 5.10. The number of halogens is 2. The van der Waals surface area contributed by atoms with Crippen LogP contribution in [0.4, 0.5) is 14.5 Å². The van der Waals surface area contributed by atoms with Crippen LogP contribution in [0.25, 0.3) is 0 Å². The van der Waals surface area contributed by atoms with Crippen molar-refractivity contribution in [3.63, 3.8) is 0 Å². The molecule has 2 aromatic rings. The number of amides is 1. The molecular weight excluding hydrogens is 342 g/mol. The maximum atomic E-state index is 13.3. The second-order valence-corrected chi connectivity index (χ2v) is 5.59. The summed E-state index contributed by atoms with van der Waals surface area (Å²) >= 11 is 0. The predicted molar refractivity (Wildman–Crippen MR) is 93.8 cm³/mol. The first-order valence-electron chi connectivity index (χ1n) is 8.16. The normalized spacial score (nSPS) is 11.7. The molecule has 26 heavy (non-hydrogen) atoms. The Kier molecular flexibility index (Phi) is 6.80. The van der Waals surface area contributed by atoms with Gasteiger partial charge in [-0.1, -0.05) is 18.2 Å². The van der Waals surface area contributed by atoms with Crippen molar-refractivity contribution in [1.29, 1.82) is 0 Å². The highest BCUT2D eigenvalue weighted by Crippen LogP contribution is 2.17. The predicted octanol–water partition coefficient (Wildman–Crippen LogP) is 3.43. The van der Waals surface area contributed by atoms with Crippen LogP contribution < -0.4 is 10.6 Å². The Morgan fingerprint density at radius 3 is 2.54 bits per heavy atom. The molecule has 0 saturated heterocycles. The smallest absolute Gasteiger partial charge is 0.340 e. The van der Waals surface area contributed by atoms with Gasteiger partial charge in [0.2, 0.25) is 5.91 Å². The van der Waals surface area contributed by atoms with Crippen molar-refractivity contribution in [1.82, 2.24) is 5.32 Å². The SMILES string of the molecule is CCOC(=O)c1ccccc1NC(=O)CN[C@H](C)c1ccc(F)c(F)c1. The Bertz CT molecular complexity index is 796. The van der Waals surface area contributed by atoms with Crippen LogP contribution in [0.2, 0.25) is 0 Å². The third-order valence-corrected chi connectivity index (χ3v) is 3.71. The first-order valence-corrected chi connectivity index (χ1v) is 8.16. The van der Waals surface area contributed by atoms with Crippen LogP contribution in [-0.2, 0) is 9.53 Å². The van der Waals surface area contributed by atoms with Crippen molar-refractivity contribution in [2.75, 3.05) is 18.5 Å². The summed E-state index contributed by atoms with van der Waals surface area (Å²) in [4.78, 5) is 24.0. The molecule has 5 nitrogen and oxygen atoms in total. The fraction of sp³-hybridized carbons (Fsp3) is 0.263. The Morgan fingerprint density at radius 1 is 1.12 bits per heavy atom. The van der Waals surface area contributed by atoms with Crippen molar-refractivity contribution in [2.24, 2.45) is 0 Å². The summed E-state index contributed by atoms with van der Waals surface area (Å²) in [7, 11) is 0. The molecule has 1 atom stereocenters. The minimum absolute atomic E-state index is 0.0721. The van der Waals surface area contributed by atoms with Gasteiger partial charge in [-0.3, -0.25) is 4.79 Å². The van der Waals surface area contributed by atoms with Crippen LogP contribution in [0, 0.1) is 11.6 Å². The number of para-hydroxylation sites is 1. The van der Waals surface area contributed by atoms with Crippen molar-refractivity contribution in [3.8, 4) is 0 Å². The summed E-state index contributed by atoms with van der Waals surface area (Å²) < 4.78 is 31.2. The molecule has 0 aromatic heterocycles. The molecule has 2 rings (SSSR count). The highest BCUT2D eigenvalue weighted by Gasteiger charge is 2.15. The van der Waals surface area contributed by atoms with Crippen molar-refractivity contribution < 1.29 is 23.1 Å². The minimum Gasteiger partial charge on any atom is -0.462 e. The average Bonchev–Trinajstić information content (AvgIpc) is 2.62. The lowest BCUT2D eigenvalue weighted by Gasteiger charge is -2.15. The lowest BCUT2D eigenvalue weighted by molar-refractivity contribution is -0.115. The number of anilines is 1. The van der Waals surface area contributed by atoms with E-state index in [-0.39, 0.29) is 30.7 Å². The summed E-state index contributed by atoms with van der Waals surface area (Å²) in [6, 6.07) is 9.73. The zero-order chi connectivity index (χ0) is 19.1. The van der Waals surface area contributed by atoms with Gasteiger partial charge in [0.1, 0.15) is 0 Å². The van der Waals surface area contributed by atoms with E-state index in [4.69, 9.17) is 4.74 Å². The summed E-state index contributed by atoms with van der Waals surface area (Å²) in [5, 5.41) is 5.56. The van der Waals surface area contributed by atoms with Gasteiger partial charge in [0.25, 0.3) is 0 Å². The molecule has 0 aliphatic carbocycles. The highest BCUT2D eigenvalue weighted by molar-refractivity contribution is 6.01. The van der Waals surface area contributed by atoms with E-state index in [0.717, 1.165) is 12.1 Å². The topological polar surface area (TPSA) is 67.4 Å². The number of esters is 1. The number of hydrogen-bond acceptors (Lipinski definition) is 4. The monoisotopic (exact) mass is 362 g/mol.